The van der Waals surface area contributed by atoms with Gasteiger partial charge in [-0.25, -0.2) is 9.59 Å². The molecule has 13 heteroatoms. The molecule has 42 heavy (non-hydrogen) atoms. The highest BCUT2D eigenvalue weighted by molar-refractivity contribution is 6.32. The molecular weight excluding hydrogens is 568 g/mol. The lowest BCUT2D eigenvalue weighted by atomic mass is 9.98. The number of nitrogens with one attached hydrogen (secondary N) is 2. The summed E-state index contributed by atoms with van der Waals surface area (Å²) >= 11 is 5.91. The average molecular weight is 593 g/mol. The van der Waals surface area contributed by atoms with Gasteiger partial charge in [0.15, 0.2) is 0 Å². The van der Waals surface area contributed by atoms with Gasteiger partial charge in [0, 0.05) is 17.5 Å². The van der Waals surface area contributed by atoms with Gasteiger partial charge in [0.05, 0.1) is 11.3 Å². The summed E-state index contributed by atoms with van der Waals surface area (Å²) in [6.45, 7) is 1.34. The van der Waals surface area contributed by atoms with Crippen LogP contribution in [0.15, 0.2) is 66.7 Å². The van der Waals surface area contributed by atoms with Crippen LogP contribution in [0, 0.1) is 10.1 Å². The predicted molar refractivity (Wildman–Crippen MR) is 150 cm³/mol. The summed E-state index contributed by atoms with van der Waals surface area (Å²) in [4.78, 5) is 62.5. The van der Waals surface area contributed by atoms with Crippen LogP contribution in [0.2, 0.25) is 5.02 Å². The van der Waals surface area contributed by atoms with Crippen molar-refractivity contribution in [1.82, 2.24) is 15.5 Å². The molecule has 1 saturated heterocycles. The van der Waals surface area contributed by atoms with Gasteiger partial charge in [-0.2, -0.15) is 0 Å². The number of nitro benzene ring substituents is 1. The molecule has 2 aliphatic rings. The zero-order valence-corrected chi connectivity index (χ0v) is 22.9. The summed E-state index contributed by atoms with van der Waals surface area (Å²) in [7, 11) is 0. The molecule has 12 nitrogen and oxygen atoms in total. The highest BCUT2D eigenvalue weighted by Gasteiger charge is 2.44. The maximum Gasteiger partial charge on any atom is 0.407 e. The van der Waals surface area contributed by atoms with Gasteiger partial charge in [-0.3, -0.25) is 19.7 Å². The van der Waals surface area contributed by atoms with Gasteiger partial charge in [-0.15, -0.1) is 0 Å². The van der Waals surface area contributed by atoms with Crippen LogP contribution in [0.3, 0.4) is 0 Å². The first-order chi connectivity index (χ1) is 20.1. The van der Waals surface area contributed by atoms with E-state index in [1.807, 2.05) is 48.5 Å². The van der Waals surface area contributed by atoms with Crippen LogP contribution >= 0.6 is 11.6 Å². The number of hydrogen-bond acceptors (Lipinski definition) is 7. The highest BCUT2D eigenvalue weighted by atomic mass is 35.5. The lowest BCUT2D eigenvalue weighted by molar-refractivity contribution is -0.384. The second kappa shape index (κ2) is 11.5. The third kappa shape index (κ3) is 5.36. The Labute approximate surface area is 244 Å². The summed E-state index contributed by atoms with van der Waals surface area (Å²) in [5, 5.41) is 26.1. The summed E-state index contributed by atoms with van der Waals surface area (Å²) in [6, 6.07) is 16.3. The van der Waals surface area contributed by atoms with Crippen LogP contribution in [0.25, 0.3) is 11.1 Å². The van der Waals surface area contributed by atoms with E-state index in [-0.39, 0.29) is 23.1 Å². The Morgan fingerprint density at radius 3 is 2.33 bits per heavy atom. The molecule has 3 aromatic carbocycles. The van der Waals surface area contributed by atoms with Crippen LogP contribution < -0.4 is 10.6 Å². The minimum absolute atomic E-state index is 0.00460. The fraction of sp³-hybridized carbons (Fsp3) is 0.241. The maximum atomic E-state index is 13.6. The molecular formula is C29H25ClN4O8. The number of carboxylic acid groups (broad SMARTS) is 1. The molecule has 216 valence electrons. The number of benzene rings is 3. The molecule has 3 N–H and O–H groups in total. The smallest absolute Gasteiger partial charge is 0.407 e. The molecule has 0 unspecified atom stereocenters. The Morgan fingerprint density at radius 1 is 1.12 bits per heavy atom. The third-order valence-electron chi connectivity index (χ3n) is 7.36. The zero-order chi connectivity index (χ0) is 30.1. The van der Waals surface area contributed by atoms with E-state index >= 15 is 0 Å². The molecule has 0 radical (unpaired) electrons. The number of carbonyl (C=O) groups is 4. The average Bonchev–Trinajstić information content (AvgIpc) is 3.29. The minimum Gasteiger partial charge on any atom is -0.480 e. The number of alkyl carbamates (subject to hydrolysis) is 1. The Balaban J connectivity index is 1.33. The number of halogens is 1. The van der Waals surface area contributed by atoms with Crippen LogP contribution in [0.4, 0.5) is 10.5 Å². The van der Waals surface area contributed by atoms with E-state index in [0.29, 0.717) is 0 Å². The number of carbonyl (C=O) groups excluding carboxylic acids is 3. The van der Waals surface area contributed by atoms with Crippen molar-refractivity contribution in [3.8, 4) is 11.1 Å². The van der Waals surface area contributed by atoms with Gasteiger partial charge in [0.25, 0.3) is 5.69 Å². The molecule has 3 atom stereocenters. The number of carboxylic acids is 1. The van der Waals surface area contributed by atoms with Crippen molar-refractivity contribution in [2.45, 2.75) is 37.5 Å². The van der Waals surface area contributed by atoms with Gasteiger partial charge in [0.2, 0.25) is 11.8 Å². The van der Waals surface area contributed by atoms with Crippen LogP contribution in [0.5, 0.6) is 0 Å². The van der Waals surface area contributed by atoms with Gasteiger partial charge in [0.1, 0.15) is 29.9 Å². The number of rotatable bonds is 7. The number of aliphatic carboxylic acids is 1. The topological polar surface area (TPSA) is 168 Å². The van der Waals surface area contributed by atoms with Gasteiger partial charge >= 0.3 is 12.1 Å². The Bertz CT molecular complexity index is 1570. The van der Waals surface area contributed by atoms with Gasteiger partial charge in [-0.05, 0) is 35.2 Å². The molecule has 1 aliphatic heterocycles. The monoisotopic (exact) mass is 592 g/mol. The lowest BCUT2D eigenvalue weighted by Crippen LogP contribution is -2.61. The SMILES string of the molecule is C[C@H](NC(=O)OCC1c2ccccc2-c2ccccc21)C(=O)N1[C@@H](c2ccc(Cl)c([N+](=O)[O-])c2)NC(=O)C[C@H]1C(=O)O. The molecule has 1 fully saturated rings. The van der Waals surface area contributed by atoms with Crippen molar-refractivity contribution in [2.75, 3.05) is 6.61 Å². The van der Waals surface area contributed by atoms with Crippen LogP contribution in [-0.2, 0) is 19.1 Å². The van der Waals surface area contributed by atoms with E-state index in [1.165, 1.54) is 19.1 Å². The molecule has 3 aromatic rings. The Morgan fingerprint density at radius 2 is 1.74 bits per heavy atom. The quantitative estimate of drug-likeness (QED) is 0.273. The fourth-order valence-electron chi connectivity index (χ4n) is 5.41. The van der Waals surface area contributed by atoms with Crippen molar-refractivity contribution >= 4 is 41.2 Å². The number of ether oxygens (including phenoxy) is 1. The van der Waals surface area contributed by atoms with Crippen molar-refractivity contribution in [3.63, 3.8) is 0 Å². The van der Waals surface area contributed by atoms with Crippen molar-refractivity contribution in [1.29, 1.82) is 0 Å². The number of fused-ring (bicyclic) bond motifs is 3. The van der Waals surface area contributed by atoms with Crippen LogP contribution in [0.1, 0.15) is 42.1 Å². The predicted octanol–water partition coefficient (Wildman–Crippen LogP) is 3.98. The van der Waals surface area contributed by atoms with Crippen molar-refractivity contribution in [3.05, 3.63) is 98.6 Å². The molecule has 0 spiro atoms. The number of nitro groups is 1. The van der Waals surface area contributed by atoms with Gasteiger partial charge < -0.3 is 25.4 Å². The first kappa shape index (κ1) is 28.6. The molecule has 3 amide bonds. The molecule has 0 aromatic heterocycles. The molecule has 1 heterocycles. The largest absolute Gasteiger partial charge is 0.480 e. The fourth-order valence-corrected chi connectivity index (χ4v) is 5.59. The number of amides is 3. The number of nitrogens with zero attached hydrogens (tertiary/aromatic N) is 2. The second-order valence-electron chi connectivity index (χ2n) is 9.93. The van der Waals surface area contributed by atoms with E-state index in [0.717, 1.165) is 33.2 Å². The summed E-state index contributed by atoms with van der Waals surface area (Å²) in [5.41, 5.74) is 3.68. The molecule has 5 rings (SSSR count). The van der Waals surface area contributed by atoms with E-state index in [2.05, 4.69) is 10.6 Å². The lowest BCUT2D eigenvalue weighted by Gasteiger charge is -2.41. The van der Waals surface area contributed by atoms with E-state index in [9.17, 15) is 34.4 Å². The molecule has 0 bridgehead atoms. The summed E-state index contributed by atoms with van der Waals surface area (Å²) in [5.74, 6) is -3.20. The zero-order valence-electron chi connectivity index (χ0n) is 22.2. The third-order valence-corrected chi connectivity index (χ3v) is 7.68. The summed E-state index contributed by atoms with van der Waals surface area (Å²) < 4.78 is 5.51. The standard InChI is InChI=1S/C29H25ClN4O8/c1-15(31-29(39)42-14-21-19-8-4-2-6-17(19)18-7-3-5-9-20(18)21)27(36)33-24(28(37)38)13-25(35)32-26(33)16-10-11-22(30)23(12-16)34(40)41/h2-12,15,21,24,26H,13-14H2,1H3,(H,31,39)(H,32,35)(H,37,38)/t15-,24-,26-/m0/s1. The first-order valence-corrected chi connectivity index (χ1v) is 13.3. The normalized spacial score (nSPS) is 18.3. The van der Waals surface area contributed by atoms with Crippen molar-refractivity contribution < 1.29 is 33.9 Å². The van der Waals surface area contributed by atoms with Crippen LogP contribution in [-0.4, -0.2) is 57.5 Å². The van der Waals surface area contributed by atoms with E-state index < -0.39 is 59.2 Å². The Hall–Kier alpha value is -4.97. The van der Waals surface area contributed by atoms with E-state index in [4.69, 9.17) is 16.3 Å². The minimum atomic E-state index is -1.60. The summed E-state index contributed by atoms with van der Waals surface area (Å²) in [6.07, 6.45) is -2.82. The second-order valence-corrected chi connectivity index (χ2v) is 10.3. The molecule has 0 saturated carbocycles. The Kier molecular flexibility index (Phi) is 7.81. The highest BCUT2D eigenvalue weighted by Crippen LogP contribution is 2.44. The van der Waals surface area contributed by atoms with Crippen molar-refractivity contribution in [2.24, 2.45) is 0 Å². The molecule has 1 aliphatic carbocycles. The first-order valence-electron chi connectivity index (χ1n) is 13.0. The maximum absolute atomic E-state index is 13.6. The number of hydrogen-bond donors (Lipinski definition) is 3. The van der Waals surface area contributed by atoms with Gasteiger partial charge in [-0.1, -0.05) is 66.2 Å². The van der Waals surface area contributed by atoms with E-state index in [1.54, 1.807) is 0 Å².